The van der Waals surface area contributed by atoms with E-state index in [9.17, 15) is 4.79 Å². The number of benzene rings is 1. The van der Waals surface area contributed by atoms with Crippen molar-refractivity contribution in [2.75, 3.05) is 20.8 Å². The van der Waals surface area contributed by atoms with E-state index in [0.29, 0.717) is 13.0 Å². The smallest absolute Gasteiger partial charge is 0.228 e. The van der Waals surface area contributed by atoms with Gasteiger partial charge in [-0.25, -0.2) is 0 Å². The first-order valence-electron chi connectivity index (χ1n) is 6.11. The fourth-order valence-corrected chi connectivity index (χ4v) is 1.86. The number of para-hydroxylation sites is 1. The van der Waals surface area contributed by atoms with Crippen molar-refractivity contribution in [2.24, 2.45) is 5.92 Å². The lowest BCUT2D eigenvalue weighted by atomic mass is 10.1. The number of aliphatic hydroxyl groups is 1. The summed E-state index contributed by atoms with van der Waals surface area (Å²) in [6, 6.07) is 7.62. The molecule has 0 heterocycles. The molecule has 1 unspecified atom stereocenters. The summed E-state index contributed by atoms with van der Waals surface area (Å²) in [5.41, 5.74) is 0.962. The van der Waals surface area contributed by atoms with Crippen LogP contribution in [0, 0.1) is 5.92 Å². The first-order chi connectivity index (χ1) is 8.63. The summed E-state index contributed by atoms with van der Waals surface area (Å²) in [7, 11) is 3.36. The van der Waals surface area contributed by atoms with Crippen LogP contribution in [0.5, 0.6) is 5.75 Å². The third-order valence-electron chi connectivity index (χ3n) is 3.04. The molecule has 1 N–H and O–H groups in total. The topological polar surface area (TPSA) is 49.8 Å². The molecule has 1 atom stereocenters. The van der Waals surface area contributed by atoms with Gasteiger partial charge in [0.25, 0.3) is 0 Å². The molecule has 0 aromatic heterocycles. The maximum absolute atomic E-state index is 12.0. The SMILES string of the molecule is CCC(CO)C(=O)N(C)Cc1ccccc1OC. The van der Waals surface area contributed by atoms with Gasteiger partial charge >= 0.3 is 0 Å². The highest BCUT2D eigenvalue weighted by molar-refractivity contribution is 5.78. The highest BCUT2D eigenvalue weighted by Crippen LogP contribution is 2.19. The molecule has 1 rings (SSSR count). The Morgan fingerprint density at radius 1 is 1.44 bits per heavy atom. The molecule has 0 saturated heterocycles. The van der Waals surface area contributed by atoms with Crippen LogP contribution in [0.1, 0.15) is 18.9 Å². The molecule has 0 aliphatic heterocycles. The monoisotopic (exact) mass is 251 g/mol. The summed E-state index contributed by atoms with van der Waals surface area (Å²) >= 11 is 0. The summed E-state index contributed by atoms with van der Waals surface area (Å²) in [6.07, 6.45) is 0.644. The molecule has 4 nitrogen and oxygen atoms in total. The summed E-state index contributed by atoms with van der Waals surface area (Å²) < 4.78 is 5.25. The molecule has 1 aromatic carbocycles. The summed E-state index contributed by atoms with van der Waals surface area (Å²) in [5.74, 6) is 0.421. The van der Waals surface area contributed by atoms with Crippen LogP contribution in [-0.2, 0) is 11.3 Å². The first-order valence-corrected chi connectivity index (χ1v) is 6.11. The molecule has 0 bridgehead atoms. The van der Waals surface area contributed by atoms with Gasteiger partial charge in [0.1, 0.15) is 5.75 Å². The van der Waals surface area contributed by atoms with Crippen molar-refractivity contribution in [3.8, 4) is 5.75 Å². The second-order valence-electron chi connectivity index (χ2n) is 4.29. The van der Waals surface area contributed by atoms with Gasteiger partial charge in [0.15, 0.2) is 0 Å². The molecule has 18 heavy (non-hydrogen) atoms. The molecular weight excluding hydrogens is 230 g/mol. The lowest BCUT2D eigenvalue weighted by Crippen LogP contribution is -2.34. The largest absolute Gasteiger partial charge is 0.496 e. The Kier molecular flexibility index (Phi) is 5.65. The van der Waals surface area contributed by atoms with E-state index in [2.05, 4.69) is 0 Å². The minimum Gasteiger partial charge on any atom is -0.496 e. The Morgan fingerprint density at radius 3 is 2.67 bits per heavy atom. The van der Waals surface area contributed by atoms with Gasteiger partial charge in [-0.2, -0.15) is 0 Å². The number of hydrogen-bond acceptors (Lipinski definition) is 3. The van der Waals surface area contributed by atoms with Gasteiger partial charge in [0.05, 0.1) is 19.6 Å². The maximum atomic E-state index is 12.0. The zero-order chi connectivity index (χ0) is 13.5. The van der Waals surface area contributed by atoms with E-state index in [4.69, 9.17) is 9.84 Å². The van der Waals surface area contributed by atoms with E-state index in [1.165, 1.54) is 0 Å². The van der Waals surface area contributed by atoms with Crippen LogP contribution in [0.25, 0.3) is 0 Å². The quantitative estimate of drug-likeness (QED) is 0.836. The summed E-state index contributed by atoms with van der Waals surface area (Å²) in [6.45, 7) is 2.28. The van der Waals surface area contributed by atoms with Gasteiger partial charge in [-0.3, -0.25) is 4.79 Å². The standard InChI is InChI=1S/C14H21NO3/c1-4-11(10-16)14(17)15(2)9-12-7-5-6-8-13(12)18-3/h5-8,11,16H,4,9-10H2,1-3H3. The fourth-order valence-electron chi connectivity index (χ4n) is 1.86. The zero-order valence-electron chi connectivity index (χ0n) is 11.2. The zero-order valence-corrected chi connectivity index (χ0v) is 11.2. The number of carbonyl (C=O) groups excluding carboxylic acids is 1. The first kappa shape index (κ1) is 14.5. The molecular formula is C14H21NO3. The van der Waals surface area contributed by atoms with Crippen molar-refractivity contribution < 1.29 is 14.6 Å². The summed E-state index contributed by atoms with van der Waals surface area (Å²) in [4.78, 5) is 13.7. The number of carbonyl (C=O) groups is 1. The van der Waals surface area contributed by atoms with Crippen LogP contribution in [0.3, 0.4) is 0 Å². The van der Waals surface area contributed by atoms with Gasteiger partial charge < -0.3 is 14.7 Å². The van der Waals surface area contributed by atoms with Crippen LogP contribution in [-0.4, -0.2) is 36.7 Å². The number of amides is 1. The van der Waals surface area contributed by atoms with Crippen molar-refractivity contribution in [3.63, 3.8) is 0 Å². The highest BCUT2D eigenvalue weighted by Gasteiger charge is 2.20. The third kappa shape index (κ3) is 3.47. The average molecular weight is 251 g/mol. The molecule has 0 saturated carbocycles. The van der Waals surface area contributed by atoms with Gasteiger partial charge in [0, 0.05) is 19.2 Å². The highest BCUT2D eigenvalue weighted by atomic mass is 16.5. The molecule has 1 aromatic rings. The van der Waals surface area contributed by atoms with E-state index in [-0.39, 0.29) is 18.4 Å². The lowest BCUT2D eigenvalue weighted by Gasteiger charge is -2.22. The molecule has 1 amide bonds. The Bertz CT molecular complexity index is 388. The van der Waals surface area contributed by atoms with Crippen LogP contribution < -0.4 is 4.74 Å². The Balaban J connectivity index is 2.74. The van der Waals surface area contributed by atoms with Gasteiger partial charge in [-0.1, -0.05) is 25.1 Å². The second-order valence-corrected chi connectivity index (χ2v) is 4.29. The third-order valence-corrected chi connectivity index (χ3v) is 3.04. The fraction of sp³-hybridized carbons (Fsp3) is 0.500. The van der Waals surface area contributed by atoms with Crippen LogP contribution >= 0.6 is 0 Å². The molecule has 0 aliphatic rings. The van der Waals surface area contributed by atoms with E-state index in [1.54, 1.807) is 19.1 Å². The maximum Gasteiger partial charge on any atom is 0.228 e. The number of hydrogen-bond donors (Lipinski definition) is 1. The Morgan fingerprint density at radius 2 is 2.11 bits per heavy atom. The Labute approximate surface area is 108 Å². The molecule has 0 aliphatic carbocycles. The number of aliphatic hydroxyl groups excluding tert-OH is 1. The summed E-state index contributed by atoms with van der Waals surface area (Å²) in [5, 5.41) is 9.14. The molecule has 4 heteroatoms. The van der Waals surface area contributed by atoms with E-state index in [1.807, 2.05) is 31.2 Å². The number of nitrogens with zero attached hydrogens (tertiary/aromatic N) is 1. The number of methoxy groups -OCH3 is 1. The van der Waals surface area contributed by atoms with Crippen LogP contribution in [0.15, 0.2) is 24.3 Å². The van der Waals surface area contributed by atoms with Crippen LogP contribution in [0.2, 0.25) is 0 Å². The molecule has 0 radical (unpaired) electrons. The second kappa shape index (κ2) is 7.01. The van der Waals surface area contributed by atoms with E-state index in [0.717, 1.165) is 11.3 Å². The van der Waals surface area contributed by atoms with Crippen molar-refractivity contribution >= 4 is 5.91 Å². The number of rotatable bonds is 6. The molecule has 100 valence electrons. The van der Waals surface area contributed by atoms with Crippen molar-refractivity contribution in [2.45, 2.75) is 19.9 Å². The lowest BCUT2D eigenvalue weighted by molar-refractivity contribution is -0.136. The van der Waals surface area contributed by atoms with E-state index < -0.39 is 0 Å². The van der Waals surface area contributed by atoms with Crippen molar-refractivity contribution in [1.82, 2.24) is 4.90 Å². The minimum atomic E-state index is -0.315. The minimum absolute atomic E-state index is 0.0362. The molecule has 0 fully saturated rings. The molecule has 0 spiro atoms. The van der Waals surface area contributed by atoms with Gasteiger partial charge in [-0.15, -0.1) is 0 Å². The van der Waals surface area contributed by atoms with Crippen LogP contribution in [0.4, 0.5) is 0 Å². The normalized spacial score (nSPS) is 12.0. The predicted octanol–water partition coefficient (Wildman–Crippen LogP) is 1.67. The van der Waals surface area contributed by atoms with E-state index >= 15 is 0 Å². The van der Waals surface area contributed by atoms with Crippen molar-refractivity contribution in [1.29, 1.82) is 0 Å². The Hall–Kier alpha value is -1.55. The van der Waals surface area contributed by atoms with Gasteiger partial charge in [-0.05, 0) is 12.5 Å². The predicted molar refractivity (Wildman–Crippen MR) is 70.3 cm³/mol. The van der Waals surface area contributed by atoms with Gasteiger partial charge in [0.2, 0.25) is 5.91 Å². The van der Waals surface area contributed by atoms with Crippen molar-refractivity contribution in [3.05, 3.63) is 29.8 Å². The average Bonchev–Trinajstić information content (AvgIpc) is 2.40. The number of ether oxygens (including phenoxy) is 1.